The second-order valence-electron chi connectivity index (χ2n) is 4.43. The highest BCUT2D eigenvalue weighted by atomic mass is 16.3. The molecule has 0 aliphatic carbocycles. The summed E-state index contributed by atoms with van der Waals surface area (Å²) in [6.07, 6.45) is 3.34. The lowest BCUT2D eigenvalue weighted by Crippen LogP contribution is -2.38. The van der Waals surface area contributed by atoms with E-state index in [-0.39, 0.29) is 13.2 Å². The molecule has 0 aliphatic heterocycles. The van der Waals surface area contributed by atoms with Gasteiger partial charge in [-0.15, -0.1) is 0 Å². The summed E-state index contributed by atoms with van der Waals surface area (Å²) in [5, 5.41) is 18.3. The highest BCUT2D eigenvalue weighted by Gasteiger charge is 2.24. The molecule has 0 bridgehead atoms. The standard InChI is InChI=1S/C11H19NO3/c1-11(8-13,9-14)7-12(2)5-10-3-4-15-6-10/h3-4,6,13-14H,5,7-9H2,1-2H3. The molecule has 0 aromatic carbocycles. The molecule has 2 N–H and O–H groups in total. The summed E-state index contributed by atoms with van der Waals surface area (Å²) >= 11 is 0. The largest absolute Gasteiger partial charge is 0.472 e. The lowest BCUT2D eigenvalue weighted by molar-refractivity contribution is 0.0401. The normalized spacial score (nSPS) is 12.3. The lowest BCUT2D eigenvalue weighted by atomic mass is 9.92. The van der Waals surface area contributed by atoms with Crippen molar-refractivity contribution in [3.05, 3.63) is 24.2 Å². The average molecular weight is 213 g/mol. The Morgan fingerprint density at radius 3 is 2.53 bits per heavy atom. The molecule has 1 aromatic heterocycles. The molecule has 1 aromatic rings. The first kappa shape index (κ1) is 12.2. The van der Waals surface area contributed by atoms with Gasteiger partial charge in [-0.1, -0.05) is 6.92 Å². The zero-order chi connectivity index (χ0) is 11.3. The van der Waals surface area contributed by atoms with Gasteiger partial charge in [0.15, 0.2) is 0 Å². The maximum absolute atomic E-state index is 9.16. The SMILES string of the molecule is CN(Cc1ccoc1)CC(C)(CO)CO. The van der Waals surface area contributed by atoms with Gasteiger partial charge < -0.3 is 19.5 Å². The first-order valence-corrected chi connectivity index (χ1v) is 5.01. The van der Waals surface area contributed by atoms with E-state index in [0.717, 1.165) is 12.1 Å². The zero-order valence-corrected chi connectivity index (χ0v) is 9.31. The van der Waals surface area contributed by atoms with E-state index >= 15 is 0 Å². The summed E-state index contributed by atoms with van der Waals surface area (Å²) in [6.45, 7) is 3.23. The van der Waals surface area contributed by atoms with Crippen molar-refractivity contribution in [1.29, 1.82) is 0 Å². The number of hydrogen-bond donors (Lipinski definition) is 2. The molecule has 0 fully saturated rings. The van der Waals surface area contributed by atoms with E-state index in [1.807, 2.05) is 20.0 Å². The average Bonchev–Trinajstić information content (AvgIpc) is 2.70. The molecule has 1 rings (SSSR count). The summed E-state index contributed by atoms with van der Waals surface area (Å²) in [5.41, 5.74) is 0.647. The Bertz CT molecular complexity index is 267. The van der Waals surface area contributed by atoms with E-state index in [1.54, 1.807) is 12.5 Å². The fourth-order valence-corrected chi connectivity index (χ4v) is 1.55. The van der Waals surface area contributed by atoms with Gasteiger partial charge in [-0.2, -0.15) is 0 Å². The monoisotopic (exact) mass is 213 g/mol. The maximum atomic E-state index is 9.16. The van der Waals surface area contributed by atoms with Crippen LogP contribution in [0.25, 0.3) is 0 Å². The van der Waals surface area contributed by atoms with Crippen LogP contribution in [0.5, 0.6) is 0 Å². The minimum Gasteiger partial charge on any atom is -0.472 e. The van der Waals surface area contributed by atoms with Gasteiger partial charge in [0.05, 0.1) is 25.7 Å². The summed E-state index contributed by atoms with van der Waals surface area (Å²) in [5.74, 6) is 0. The summed E-state index contributed by atoms with van der Waals surface area (Å²) in [7, 11) is 1.95. The minimum absolute atomic E-state index is 0.0147. The number of furan rings is 1. The van der Waals surface area contributed by atoms with Crippen molar-refractivity contribution >= 4 is 0 Å². The maximum Gasteiger partial charge on any atom is 0.0947 e. The number of hydrogen-bond acceptors (Lipinski definition) is 4. The van der Waals surface area contributed by atoms with E-state index in [1.165, 1.54) is 0 Å². The second kappa shape index (κ2) is 5.30. The van der Waals surface area contributed by atoms with Crippen LogP contribution in [0.1, 0.15) is 12.5 Å². The van der Waals surface area contributed by atoms with Gasteiger partial charge in [-0.05, 0) is 13.1 Å². The van der Waals surface area contributed by atoms with Crippen LogP contribution in [0.4, 0.5) is 0 Å². The third-order valence-electron chi connectivity index (χ3n) is 2.45. The predicted octanol–water partition coefficient (Wildman–Crippen LogP) is 0.702. The zero-order valence-electron chi connectivity index (χ0n) is 9.31. The Morgan fingerprint density at radius 2 is 2.07 bits per heavy atom. The minimum atomic E-state index is -0.446. The topological polar surface area (TPSA) is 56.8 Å². The van der Waals surface area contributed by atoms with E-state index in [2.05, 4.69) is 4.90 Å². The Morgan fingerprint density at radius 1 is 1.40 bits per heavy atom. The summed E-state index contributed by atoms with van der Waals surface area (Å²) < 4.78 is 4.97. The highest BCUT2D eigenvalue weighted by Crippen LogP contribution is 2.16. The fourth-order valence-electron chi connectivity index (χ4n) is 1.55. The van der Waals surface area contributed by atoms with Crippen molar-refractivity contribution in [2.24, 2.45) is 5.41 Å². The fraction of sp³-hybridized carbons (Fsp3) is 0.636. The third-order valence-corrected chi connectivity index (χ3v) is 2.45. The van der Waals surface area contributed by atoms with Crippen molar-refractivity contribution in [2.45, 2.75) is 13.5 Å². The summed E-state index contributed by atoms with van der Waals surface area (Å²) in [6, 6.07) is 1.91. The van der Waals surface area contributed by atoms with Crippen LogP contribution in [0, 0.1) is 5.41 Å². The molecular formula is C11H19NO3. The van der Waals surface area contributed by atoms with Crippen molar-refractivity contribution in [3.8, 4) is 0 Å². The molecule has 0 aliphatic rings. The van der Waals surface area contributed by atoms with E-state index < -0.39 is 5.41 Å². The Labute approximate surface area is 90.1 Å². The molecule has 4 heteroatoms. The third kappa shape index (κ3) is 3.66. The smallest absolute Gasteiger partial charge is 0.0947 e. The van der Waals surface area contributed by atoms with Gasteiger partial charge in [0.25, 0.3) is 0 Å². The molecular weight excluding hydrogens is 194 g/mol. The van der Waals surface area contributed by atoms with Crippen LogP contribution in [-0.2, 0) is 6.54 Å². The number of nitrogens with zero attached hydrogens (tertiary/aromatic N) is 1. The van der Waals surface area contributed by atoms with Crippen molar-refractivity contribution < 1.29 is 14.6 Å². The van der Waals surface area contributed by atoms with E-state index in [4.69, 9.17) is 14.6 Å². The molecule has 0 saturated heterocycles. The predicted molar refractivity (Wildman–Crippen MR) is 57.3 cm³/mol. The molecule has 15 heavy (non-hydrogen) atoms. The van der Waals surface area contributed by atoms with Gasteiger partial charge in [-0.3, -0.25) is 0 Å². The van der Waals surface area contributed by atoms with Crippen LogP contribution in [0.3, 0.4) is 0 Å². The van der Waals surface area contributed by atoms with Crippen LogP contribution < -0.4 is 0 Å². The Kier molecular flexibility index (Phi) is 4.32. The van der Waals surface area contributed by atoms with E-state index in [0.29, 0.717) is 6.54 Å². The molecule has 0 unspecified atom stereocenters. The van der Waals surface area contributed by atoms with Gasteiger partial charge in [0.1, 0.15) is 0 Å². The van der Waals surface area contributed by atoms with Crippen molar-refractivity contribution in [2.75, 3.05) is 26.8 Å². The van der Waals surface area contributed by atoms with Crippen LogP contribution in [0.15, 0.2) is 23.0 Å². The van der Waals surface area contributed by atoms with Gasteiger partial charge in [-0.25, -0.2) is 0 Å². The van der Waals surface area contributed by atoms with Gasteiger partial charge in [0, 0.05) is 24.1 Å². The molecule has 0 amide bonds. The summed E-state index contributed by atoms with van der Waals surface area (Å²) in [4.78, 5) is 2.05. The highest BCUT2D eigenvalue weighted by molar-refractivity contribution is 5.04. The van der Waals surface area contributed by atoms with Gasteiger partial charge >= 0.3 is 0 Å². The van der Waals surface area contributed by atoms with Crippen molar-refractivity contribution in [1.82, 2.24) is 4.90 Å². The Hall–Kier alpha value is -0.840. The first-order chi connectivity index (χ1) is 7.09. The van der Waals surface area contributed by atoms with E-state index in [9.17, 15) is 0 Å². The Balaban J connectivity index is 2.44. The lowest BCUT2D eigenvalue weighted by Gasteiger charge is -2.30. The van der Waals surface area contributed by atoms with Crippen LogP contribution >= 0.6 is 0 Å². The van der Waals surface area contributed by atoms with Gasteiger partial charge in [0.2, 0.25) is 0 Å². The number of aliphatic hydroxyl groups is 2. The second-order valence-corrected chi connectivity index (χ2v) is 4.43. The first-order valence-electron chi connectivity index (χ1n) is 5.01. The molecule has 1 heterocycles. The number of aliphatic hydroxyl groups excluding tert-OH is 2. The molecule has 0 spiro atoms. The molecule has 0 saturated carbocycles. The molecule has 0 atom stereocenters. The van der Waals surface area contributed by atoms with Crippen LogP contribution in [0.2, 0.25) is 0 Å². The number of rotatable bonds is 6. The quantitative estimate of drug-likeness (QED) is 0.730. The van der Waals surface area contributed by atoms with Crippen LogP contribution in [-0.4, -0.2) is 41.9 Å². The molecule has 86 valence electrons. The molecule has 4 nitrogen and oxygen atoms in total. The van der Waals surface area contributed by atoms with Crippen molar-refractivity contribution in [3.63, 3.8) is 0 Å². The molecule has 0 radical (unpaired) electrons.